The van der Waals surface area contributed by atoms with Gasteiger partial charge in [-0.2, -0.15) is 0 Å². The lowest BCUT2D eigenvalue weighted by Gasteiger charge is -2.26. The number of hydrogen-bond donors (Lipinski definition) is 3. The lowest BCUT2D eigenvalue weighted by Crippen LogP contribution is -2.40. The molecular formula is C48H52F2N4O8S2. The number of nitrogens with one attached hydrogen (secondary N) is 3. The predicted octanol–water partition coefficient (Wildman–Crippen LogP) is 6.88. The van der Waals surface area contributed by atoms with Gasteiger partial charge in [0.2, 0.25) is 31.5 Å². The van der Waals surface area contributed by atoms with Gasteiger partial charge in [-0.15, -0.1) is 0 Å². The summed E-state index contributed by atoms with van der Waals surface area (Å²) in [5.74, 6) is -1.36. The minimum Gasteiger partial charge on any atom is -0.445 e. The second kappa shape index (κ2) is 21.6. The number of benzene rings is 5. The molecule has 5 aromatic carbocycles. The first-order chi connectivity index (χ1) is 30.6. The monoisotopic (exact) mass is 914 g/mol. The van der Waals surface area contributed by atoms with Crippen LogP contribution in [0.25, 0.3) is 0 Å². The largest absolute Gasteiger partial charge is 0.445 e. The molecule has 12 nitrogen and oxygen atoms in total. The van der Waals surface area contributed by atoms with Gasteiger partial charge in [-0.1, -0.05) is 54.6 Å². The Hall–Kier alpha value is -5.97. The number of fused-ring (bicyclic) bond motifs is 2. The number of hydrogen-bond acceptors (Lipinski definition) is 9. The molecule has 0 heterocycles. The van der Waals surface area contributed by atoms with Gasteiger partial charge in [0.25, 0.3) is 0 Å². The van der Waals surface area contributed by atoms with Crippen LogP contribution in [-0.4, -0.2) is 79.9 Å². The van der Waals surface area contributed by atoms with Crippen molar-refractivity contribution in [1.82, 2.24) is 20.9 Å². The summed E-state index contributed by atoms with van der Waals surface area (Å²) in [5.41, 5.74) is 4.80. The molecule has 0 saturated heterocycles. The van der Waals surface area contributed by atoms with E-state index in [1.54, 1.807) is 31.3 Å². The number of rotatable bonds is 14. The molecule has 3 N–H and O–H groups in total. The first-order valence-electron chi connectivity index (χ1n) is 21.0. The van der Waals surface area contributed by atoms with Crippen molar-refractivity contribution in [3.8, 4) is 0 Å². The Morgan fingerprint density at radius 2 is 1.12 bits per heavy atom. The molecule has 5 aromatic rings. The highest BCUT2D eigenvalue weighted by molar-refractivity contribution is 7.91. The van der Waals surface area contributed by atoms with E-state index in [-0.39, 0.29) is 62.9 Å². The number of halogens is 2. The van der Waals surface area contributed by atoms with E-state index in [2.05, 4.69) is 16.0 Å². The molecule has 2 aliphatic carbocycles. The zero-order chi connectivity index (χ0) is 45.9. The van der Waals surface area contributed by atoms with Crippen LogP contribution in [0.4, 0.5) is 13.6 Å². The maximum absolute atomic E-state index is 13.6. The fourth-order valence-corrected chi connectivity index (χ4v) is 10.6. The molecule has 338 valence electrons. The SMILES string of the molecule is CN(CC(=O)NC[C@@H]1CCCc2cc(S(=O)(=O)c3cccc(F)c3)ccc21)C(=O)OCc1ccccc1.CNCC(=O)NC[C@@H]1CCCc2cc(S(=O)(=O)c3cccc(F)c3)ccc21. The Morgan fingerprint density at radius 3 is 1.61 bits per heavy atom. The summed E-state index contributed by atoms with van der Waals surface area (Å²) >= 11 is 0. The average Bonchev–Trinajstić information content (AvgIpc) is 3.29. The molecular weight excluding hydrogens is 863 g/mol. The number of nitrogens with zero attached hydrogens (tertiary/aromatic N) is 1. The van der Waals surface area contributed by atoms with Crippen molar-refractivity contribution >= 4 is 37.6 Å². The summed E-state index contributed by atoms with van der Waals surface area (Å²) in [7, 11) is -4.38. The highest BCUT2D eigenvalue weighted by Gasteiger charge is 2.27. The Morgan fingerprint density at radius 1 is 0.641 bits per heavy atom. The maximum Gasteiger partial charge on any atom is 0.410 e. The molecule has 16 heteroatoms. The standard InChI is InChI=1S/C28H29FN2O5S.C20H23FN2O3S/c1-31(28(33)36-19-20-7-3-2-4-8-20)18-27(32)30-17-22-10-5-9-21-15-25(13-14-26(21)22)37(34,35)24-12-6-11-23(29)16-24;1-22-13-20(24)23-12-15-5-2-4-14-10-18(8-9-19(14)15)27(25,26)17-7-3-6-16(21)11-17/h2-4,6-8,11-16,22H,5,9-10,17-19H2,1H3,(H,30,32);3,6-11,15,22H,2,4-5,12-13H2,1H3,(H,23,24)/t22-;15-/m00/s1. The number of aryl methyl sites for hydroxylation is 2. The van der Waals surface area contributed by atoms with Crippen LogP contribution in [0.15, 0.2) is 135 Å². The van der Waals surface area contributed by atoms with Crippen molar-refractivity contribution in [3.05, 3.63) is 155 Å². The quantitative estimate of drug-likeness (QED) is 0.108. The molecule has 0 radical (unpaired) electrons. The van der Waals surface area contributed by atoms with Crippen LogP contribution in [-0.2, 0) is 53.4 Å². The van der Waals surface area contributed by atoms with Crippen LogP contribution in [0.2, 0.25) is 0 Å². The van der Waals surface area contributed by atoms with Crippen LogP contribution >= 0.6 is 0 Å². The first-order valence-corrected chi connectivity index (χ1v) is 24.0. The number of ether oxygens (including phenoxy) is 1. The molecule has 64 heavy (non-hydrogen) atoms. The summed E-state index contributed by atoms with van der Waals surface area (Å²) in [5, 5.41) is 8.60. The van der Waals surface area contributed by atoms with E-state index >= 15 is 0 Å². The molecule has 0 aliphatic heterocycles. The fraction of sp³-hybridized carbons (Fsp3) is 0.312. The van der Waals surface area contributed by atoms with Gasteiger partial charge in [0.05, 0.1) is 26.1 Å². The van der Waals surface area contributed by atoms with Gasteiger partial charge in [-0.3, -0.25) is 9.59 Å². The summed E-state index contributed by atoms with van der Waals surface area (Å²) in [6, 6.07) is 29.4. The van der Waals surface area contributed by atoms with Crippen LogP contribution in [0.3, 0.4) is 0 Å². The van der Waals surface area contributed by atoms with Gasteiger partial charge in [0.1, 0.15) is 24.8 Å². The molecule has 3 amide bonds. The van der Waals surface area contributed by atoms with E-state index < -0.39 is 37.4 Å². The van der Waals surface area contributed by atoms with E-state index in [9.17, 15) is 40.0 Å². The predicted molar refractivity (Wildman–Crippen MR) is 237 cm³/mol. The van der Waals surface area contributed by atoms with Gasteiger partial charge in [0.15, 0.2) is 0 Å². The Labute approximate surface area is 373 Å². The molecule has 7 rings (SSSR count). The van der Waals surface area contributed by atoms with Crippen LogP contribution in [0.1, 0.15) is 65.3 Å². The molecule has 0 saturated carbocycles. The van der Waals surface area contributed by atoms with Crippen molar-refractivity contribution in [2.75, 3.05) is 40.3 Å². The lowest BCUT2D eigenvalue weighted by molar-refractivity contribution is -0.122. The molecule has 2 atom stereocenters. The number of carbonyl (C=O) groups excluding carboxylic acids is 3. The summed E-state index contributed by atoms with van der Waals surface area (Å²) < 4.78 is 83.9. The van der Waals surface area contributed by atoms with Crippen LogP contribution in [0, 0.1) is 11.6 Å². The van der Waals surface area contributed by atoms with Gasteiger partial charge < -0.3 is 25.6 Å². The minimum atomic E-state index is -3.84. The smallest absolute Gasteiger partial charge is 0.410 e. The maximum atomic E-state index is 13.6. The zero-order valence-corrected chi connectivity index (χ0v) is 37.3. The van der Waals surface area contributed by atoms with Crippen molar-refractivity contribution in [3.63, 3.8) is 0 Å². The second-order valence-corrected chi connectivity index (χ2v) is 19.8. The molecule has 0 fully saturated rings. The highest BCUT2D eigenvalue weighted by atomic mass is 32.2. The molecule has 0 unspecified atom stereocenters. The number of amides is 3. The fourth-order valence-electron chi connectivity index (χ4n) is 7.94. The van der Waals surface area contributed by atoms with Crippen LogP contribution < -0.4 is 16.0 Å². The van der Waals surface area contributed by atoms with E-state index in [0.29, 0.717) is 13.1 Å². The Kier molecular flexibility index (Phi) is 16.0. The number of sulfone groups is 2. The summed E-state index contributed by atoms with van der Waals surface area (Å²) in [6.07, 6.45) is 4.51. The zero-order valence-electron chi connectivity index (χ0n) is 35.7. The number of likely N-dealkylation sites (N-methyl/N-ethyl adjacent to an activating group) is 2. The Bertz CT molecular complexity index is 2680. The van der Waals surface area contributed by atoms with Crippen molar-refractivity contribution in [1.29, 1.82) is 0 Å². The molecule has 0 aromatic heterocycles. The Balaban J connectivity index is 0.000000223. The van der Waals surface area contributed by atoms with Crippen molar-refractivity contribution in [2.45, 2.75) is 76.5 Å². The van der Waals surface area contributed by atoms with Gasteiger partial charge in [0, 0.05) is 32.0 Å². The average molecular weight is 915 g/mol. The first kappa shape index (κ1) is 47.5. The summed E-state index contributed by atoms with van der Waals surface area (Å²) in [4.78, 5) is 37.8. The molecule has 2 aliphatic rings. The molecule has 0 bridgehead atoms. The molecule has 0 spiro atoms. The topological polar surface area (TPSA) is 168 Å². The van der Waals surface area contributed by atoms with Gasteiger partial charge in [-0.25, -0.2) is 30.4 Å². The third kappa shape index (κ3) is 12.2. The van der Waals surface area contributed by atoms with E-state index in [1.807, 2.05) is 36.4 Å². The van der Waals surface area contributed by atoms with E-state index in [1.165, 1.54) is 54.4 Å². The van der Waals surface area contributed by atoms with E-state index in [4.69, 9.17) is 4.74 Å². The minimum absolute atomic E-state index is 0.0222. The normalized spacial score (nSPS) is 15.6. The van der Waals surface area contributed by atoms with Crippen molar-refractivity contribution in [2.24, 2.45) is 0 Å². The third-order valence-corrected chi connectivity index (χ3v) is 14.8. The highest BCUT2D eigenvalue weighted by Crippen LogP contribution is 2.35. The van der Waals surface area contributed by atoms with Gasteiger partial charge in [-0.05, 0) is 134 Å². The van der Waals surface area contributed by atoms with Crippen molar-refractivity contribution < 1.29 is 44.7 Å². The summed E-state index contributed by atoms with van der Waals surface area (Å²) in [6.45, 7) is 1.15. The van der Waals surface area contributed by atoms with Gasteiger partial charge >= 0.3 is 6.09 Å². The number of carbonyl (C=O) groups is 3. The van der Waals surface area contributed by atoms with Crippen LogP contribution in [0.5, 0.6) is 0 Å². The lowest BCUT2D eigenvalue weighted by atomic mass is 9.83. The third-order valence-electron chi connectivity index (χ3n) is 11.3. The van der Waals surface area contributed by atoms with E-state index in [0.717, 1.165) is 78.5 Å². The second-order valence-electron chi connectivity index (χ2n) is 15.9.